The highest BCUT2D eigenvalue weighted by atomic mass is 16.5. The predicted octanol–water partition coefficient (Wildman–Crippen LogP) is 1.32. The third kappa shape index (κ3) is 2.50. The van der Waals surface area contributed by atoms with E-state index in [1.54, 1.807) is 0 Å². The summed E-state index contributed by atoms with van der Waals surface area (Å²) in [5, 5.41) is 7.53. The Labute approximate surface area is 101 Å². The highest BCUT2D eigenvalue weighted by molar-refractivity contribution is 5.76. The van der Waals surface area contributed by atoms with Gasteiger partial charge in [0.05, 0.1) is 5.52 Å². The Morgan fingerprint density at radius 3 is 2.94 bits per heavy atom. The monoisotopic (exact) mass is 234 g/mol. The van der Waals surface area contributed by atoms with E-state index < -0.39 is 0 Å². The molecule has 0 saturated heterocycles. The van der Waals surface area contributed by atoms with Crippen LogP contribution in [0.4, 0.5) is 5.69 Å². The maximum atomic E-state index is 5.69. The van der Waals surface area contributed by atoms with Gasteiger partial charge in [0.1, 0.15) is 12.3 Å². The van der Waals surface area contributed by atoms with Crippen molar-refractivity contribution in [1.29, 1.82) is 0 Å². The van der Waals surface area contributed by atoms with Crippen molar-refractivity contribution in [3.8, 4) is 5.88 Å². The van der Waals surface area contributed by atoms with Gasteiger partial charge >= 0.3 is 0 Å². The number of hydrogen-bond donors (Lipinski definition) is 1. The summed E-state index contributed by atoms with van der Waals surface area (Å²) in [6.07, 6.45) is 1.91. The molecule has 2 aromatic rings. The minimum atomic E-state index is 0.631. The molecule has 0 atom stereocenters. The first-order valence-corrected chi connectivity index (χ1v) is 5.65. The molecule has 0 amide bonds. The topological polar surface area (TPSA) is 41.8 Å². The summed E-state index contributed by atoms with van der Waals surface area (Å²) in [7, 11) is 5.92. The first-order valence-electron chi connectivity index (χ1n) is 5.65. The number of hydrogen-bond acceptors (Lipinski definition) is 4. The van der Waals surface area contributed by atoms with Gasteiger partial charge in [-0.15, -0.1) is 5.10 Å². The molecule has 0 aliphatic heterocycles. The zero-order valence-electron chi connectivity index (χ0n) is 10.5. The molecule has 2 rings (SSSR count). The number of pyridine rings is 1. The highest BCUT2D eigenvalue weighted by Gasteiger charge is 2.11. The van der Waals surface area contributed by atoms with Gasteiger partial charge in [0.2, 0.25) is 0 Å². The minimum Gasteiger partial charge on any atom is -0.474 e. The normalized spacial score (nSPS) is 11.1. The lowest BCUT2D eigenvalue weighted by atomic mass is 10.3. The van der Waals surface area contributed by atoms with Gasteiger partial charge in [-0.1, -0.05) is 6.07 Å². The molecule has 0 aliphatic rings. The molecule has 2 heterocycles. The number of ether oxygens (including phenoxy) is 1. The summed E-state index contributed by atoms with van der Waals surface area (Å²) in [4.78, 5) is 2.08. The largest absolute Gasteiger partial charge is 0.474 e. The molecule has 0 saturated carbocycles. The van der Waals surface area contributed by atoms with Gasteiger partial charge in [0, 0.05) is 19.8 Å². The van der Waals surface area contributed by atoms with E-state index in [0.717, 1.165) is 17.7 Å². The molecule has 5 heteroatoms. The summed E-state index contributed by atoms with van der Waals surface area (Å²) in [5.74, 6) is 0.653. The highest BCUT2D eigenvalue weighted by Crippen LogP contribution is 2.27. The molecule has 0 spiro atoms. The first-order chi connectivity index (χ1) is 8.22. The Kier molecular flexibility index (Phi) is 3.49. The lowest BCUT2D eigenvalue weighted by Crippen LogP contribution is -2.19. The van der Waals surface area contributed by atoms with E-state index in [4.69, 9.17) is 4.74 Å². The summed E-state index contributed by atoms with van der Waals surface area (Å²) in [6, 6.07) is 5.95. The predicted molar refractivity (Wildman–Crippen MR) is 68.8 cm³/mol. The second kappa shape index (κ2) is 5.05. The van der Waals surface area contributed by atoms with Crippen LogP contribution in [-0.2, 0) is 0 Å². The van der Waals surface area contributed by atoms with Gasteiger partial charge < -0.3 is 15.0 Å². The van der Waals surface area contributed by atoms with Crippen LogP contribution in [0, 0.1) is 0 Å². The molecule has 17 heavy (non-hydrogen) atoms. The lowest BCUT2D eigenvalue weighted by molar-refractivity contribution is 0.254. The van der Waals surface area contributed by atoms with Gasteiger partial charge in [0.25, 0.3) is 5.88 Å². The Morgan fingerprint density at radius 1 is 1.41 bits per heavy atom. The second-order valence-electron chi connectivity index (χ2n) is 4.11. The van der Waals surface area contributed by atoms with E-state index in [0.29, 0.717) is 12.5 Å². The third-order valence-electron chi connectivity index (χ3n) is 2.54. The van der Waals surface area contributed by atoms with Crippen LogP contribution in [0.15, 0.2) is 24.4 Å². The van der Waals surface area contributed by atoms with Gasteiger partial charge in [-0.05, 0) is 26.2 Å². The molecular formula is C12H18N4O. The van der Waals surface area contributed by atoms with Gasteiger partial charge in [-0.25, -0.2) is 4.52 Å². The van der Waals surface area contributed by atoms with E-state index in [-0.39, 0.29) is 0 Å². The summed E-state index contributed by atoms with van der Waals surface area (Å²) < 4.78 is 7.50. The van der Waals surface area contributed by atoms with Crippen molar-refractivity contribution >= 4 is 11.2 Å². The fraction of sp³-hybridized carbons (Fsp3) is 0.417. The Morgan fingerprint density at radius 2 is 2.24 bits per heavy atom. The van der Waals surface area contributed by atoms with E-state index >= 15 is 0 Å². The fourth-order valence-electron chi connectivity index (χ4n) is 1.64. The van der Waals surface area contributed by atoms with Crippen molar-refractivity contribution in [3.05, 3.63) is 24.4 Å². The van der Waals surface area contributed by atoms with Gasteiger partial charge in [-0.2, -0.15) is 0 Å². The van der Waals surface area contributed by atoms with Crippen molar-refractivity contribution < 1.29 is 4.74 Å². The average Bonchev–Trinajstić information content (AvgIpc) is 2.66. The number of rotatable bonds is 5. The standard InChI is InChI=1S/C12H18N4O/c1-13-11-10-6-4-5-7-16(10)14-12(11)17-9-8-15(2)3/h4-7,13H,8-9H2,1-3H3. The molecule has 0 radical (unpaired) electrons. The Hall–Kier alpha value is -1.75. The number of nitrogens with zero attached hydrogens (tertiary/aromatic N) is 3. The van der Waals surface area contributed by atoms with Crippen molar-refractivity contribution in [3.63, 3.8) is 0 Å². The molecule has 0 bridgehead atoms. The average molecular weight is 234 g/mol. The van der Waals surface area contributed by atoms with E-state index in [1.165, 1.54) is 0 Å². The van der Waals surface area contributed by atoms with Gasteiger partial charge in [-0.3, -0.25) is 0 Å². The molecular weight excluding hydrogens is 216 g/mol. The number of likely N-dealkylation sites (N-methyl/N-ethyl adjacent to an activating group) is 1. The number of fused-ring (bicyclic) bond motifs is 1. The van der Waals surface area contributed by atoms with E-state index in [1.807, 2.05) is 50.1 Å². The van der Waals surface area contributed by atoms with Crippen LogP contribution >= 0.6 is 0 Å². The van der Waals surface area contributed by atoms with Crippen LogP contribution < -0.4 is 10.1 Å². The van der Waals surface area contributed by atoms with Crippen LogP contribution in [0.25, 0.3) is 5.52 Å². The van der Waals surface area contributed by atoms with Crippen LogP contribution in [0.3, 0.4) is 0 Å². The molecule has 0 aromatic carbocycles. The molecule has 0 unspecified atom stereocenters. The number of anilines is 1. The summed E-state index contributed by atoms with van der Waals surface area (Å²) in [5.41, 5.74) is 1.96. The minimum absolute atomic E-state index is 0.631. The summed E-state index contributed by atoms with van der Waals surface area (Å²) >= 11 is 0. The van der Waals surface area contributed by atoms with Crippen molar-refractivity contribution in [2.45, 2.75) is 0 Å². The van der Waals surface area contributed by atoms with Crippen LogP contribution in [-0.4, -0.2) is 48.8 Å². The third-order valence-corrected chi connectivity index (χ3v) is 2.54. The maximum Gasteiger partial charge on any atom is 0.257 e. The van der Waals surface area contributed by atoms with Crippen molar-refractivity contribution in [2.24, 2.45) is 0 Å². The van der Waals surface area contributed by atoms with Crippen LogP contribution in [0.2, 0.25) is 0 Å². The van der Waals surface area contributed by atoms with E-state index in [9.17, 15) is 0 Å². The zero-order valence-corrected chi connectivity index (χ0v) is 10.5. The molecule has 2 aromatic heterocycles. The Bertz CT molecular complexity index is 492. The molecule has 5 nitrogen and oxygen atoms in total. The van der Waals surface area contributed by atoms with Crippen LogP contribution in [0.5, 0.6) is 5.88 Å². The maximum absolute atomic E-state index is 5.69. The second-order valence-corrected chi connectivity index (χ2v) is 4.11. The molecule has 0 fully saturated rings. The zero-order chi connectivity index (χ0) is 12.3. The first kappa shape index (κ1) is 11.7. The number of nitrogens with one attached hydrogen (secondary N) is 1. The fourth-order valence-corrected chi connectivity index (χ4v) is 1.64. The molecule has 0 aliphatic carbocycles. The van der Waals surface area contributed by atoms with Crippen molar-refractivity contribution in [2.75, 3.05) is 39.6 Å². The Balaban J connectivity index is 2.21. The summed E-state index contributed by atoms with van der Waals surface area (Å²) in [6.45, 7) is 1.50. The van der Waals surface area contributed by atoms with Gasteiger partial charge in [0.15, 0.2) is 0 Å². The SMILES string of the molecule is CNc1c(OCCN(C)C)nn2ccccc12. The van der Waals surface area contributed by atoms with Crippen molar-refractivity contribution in [1.82, 2.24) is 14.5 Å². The quantitative estimate of drug-likeness (QED) is 0.847. The van der Waals surface area contributed by atoms with Crippen LogP contribution in [0.1, 0.15) is 0 Å². The smallest absolute Gasteiger partial charge is 0.257 e. The lowest BCUT2D eigenvalue weighted by Gasteiger charge is -2.10. The molecule has 92 valence electrons. The van der Waals surface area contributed by atoms with E-state index in [2.05, 4.69) is 15.3 Å². The number of aromatic nitrogens is 2. The molecule has 1 N–H and O–H groups in total.